The van der Waals surface area contributed by atoms with Gasteiger partial charge in [-0.05, 0) is 36.0 Å². The quantitative estimate of drug-likeness (QED) is 0.907. The van der Waals surface area contributed by atoms with Gasteiger partial charge in [-0.3, -0.25) is 0 Å². The van der Waals surface area contributed by atoms with E-state index in [4.69, 9.17) is 11.6 Å². The minimum absolute atomic E-state index is 0.186. The summed E-state index contributed by atoms with van der Waals surface area (Å²) in [6.45, 7) is 8.10. The van der Waals surface area contributed by atoms with Crippen LogP contribution in [0.15, 0.2) is 18.2 Å². The normalized spacial score (nSPS) is 30.8. The molecule has 2 aliphatic rings. The van der Waals surface area contributed by atoms with Gasteiger partial charge in [-0.15, -0.1) is 0 Å². The lowest BCUT2D eigenvalue weighted by atomic mass is 9.95. The number of halogens is 1. The number of phenolic OH excluding ortho intramolecular Hbond substituents is 1. The second-order valence-corrected chi connectivity index (χ2v) is 6.72. The van der Waals surface area contributed by atoms with Crippen LogP contribution >= 0.6 is 11.6 Å². The Labute approximate surface area is 114 Å². The van der Waals surface area contributed by atoms with E-state index in [9.17, 15) is 5.11 Å². The van der Waals surface area contributed by atoms with Gasteiger partial charge in [0.1, 0.15) is 5.75 Å². The molecular formula is C15H20ClNO. The van der Waals surface area contributed by atoms with Gasteiger partial charge in [0, 0.05) is 25.0 Å². The maximum absolute atomic E-state index is 9.51. The van der Waals surface area contributed by atoms with Crippen molar-refractivity contribution >= 4 is 11.6 Å². The van der Waals surface area contributed by atoms with Gasteiger partial charge in [-0.25, -0.2) is 0 Å². The van der Waals surface area contributed by atoms with Crippen molar-refractivity contribution in [3.05, 3.63) is 28.8 Å². The largest absolute Gasteiger partial charge is 0.506 e. The minimum Gasteiger partial charge on any atom is -0.506 e. The molecular weight excluding hydrogens is 246 g/mol. The molecule has 18 heavy (non-hydrogen) atoms. The van der Waals surface area contributed by atoms with Crippen molar-refractivity contribution in [2.75, 3.05) is 19.6 Å². The monoisotopic (exact) mass is 265 g/mol. The molecule has 0 spiro atoms. The van der Waals surface area contributed by atoms with Crippen LogP contribution in [0.1, 0.15) is 25.8 Å². The van der Waals surface area contributed by atoms with Gasteiger partial charge in [0.15, 0.2) is 0 Å². The highest BCUT2D eigenvalue weighted by Crippen LogP contribution is 2.59. The highest BCUT2D eigenvalue weighted by molar-refractivity contribution is 6.32. The third-order valence-electron chi connectivity index (χ3n) is 4.36. The maximum Gasteiger partial charge on any atom is 0.134 e. The molecule has 0 bridgehead atoms. The number of nitrogens with zero attached hydrogens (tertiary/aromatic N) is 1. The molecule has 1 saturated carbocycles. The predicted molar refractivity (Wildman–Crippen MR) is 74.2 cm³/mol. The topological polar surface area (TPSA) is 23.5 Å². The number of benzene rings is 1. The molecule has 2 atom stereocenters. The van der Waals surface area contributed by atoms with Crippen LogP contribution in [0.25, 0.3) is 0 Å². The molecule has 2 fully saturated rings. The Hall–Kier alpha value is -0.730. The molecule has 1 heterocycles. The summed E-state index contributed by atoms with van der Waals surface area (Å²) in [5, 5.41) is 9.99. The van der Waals surface area contributed by atoms with E-state index < -0.39 is 0 Å². The molecule has 0 radical (unpaired) electrons. The van der Waals surface area contributed by atoms with Crippen LogP contribution < -0.4 is 0 Å². The first-order chi connectivity index (χ1) is 8.51. The van der Waals surface area contributed by atoms with Crippen molar-refractivity contribution in [1.82, 2.24) is 4.90 Å². The third-order valence-corrected chi connectivity index (χ3v) is 4.67. The second kappa shape index (κ2) is 4.14. The van der Waals surface area contributed by atoms with Gasteiger partial charge in [0.05, 0.1) is 5.02 Å². The molecule has 3 heteroatoms. The average molecular weight is 266 g/mol. The predicted octanol–water partition coefficient (Wildman–Crippen LogP) is 3.27. The van der Waals surface area contributed by atoms with Gasteiger partial charge in [-0.2, -0.15) is 0 Å². The molecule has 1 saturated heterocycles. The van der Waals surface area contributed by atoms with E-state index in [2.05, 4.69) is 18.7 Å². The number of hydrogen-bond donors (Lipinski definition) is 1. The summed E-state index contributed by atoms with van der Waals surface area (Å²) >= 11 is 6.03. The summed E-state index contributed by atoms with van der Waals surface area (Å²) in [6.07, 6.45) is 1.28. The van der Waals surface area contributed by atoms with E-state index >= 15 is 0 Å². The first-order valence-electron chi connectivity index (χ1n) is 6.72. The van der Waals surface area contributed by atoms with Crippen molar-refractivity contribution in [3.63, 3.8) is 0 Å². The molecule has 1 aromatic carbocycles. The van der Waals surface area contributed by atoms with E-state index in [1.807, 2.05) is 12.1 Å². The number of likely N-dealkylation sites (tertiary alicyclic amines) is 1. The average Bonchev–Trinajstić information content (AvgIpc) is 2.86. The lowest BCUT2D eigenvalue weighted by molar-refractivity contribution is 0.265. The van der Waals surface area contributed by atoms with Crippen molar-refractivity contribution < 1.29 is 5.11 Å². The Morgan fingerprint density at radius 2 is 2.28 bits per heavy atom. The zero-order chi connectivity index (χ0) is 12.9. The number of phenols is 1. The number of aromatic hydroxyl groups is 1. The lowest BCUT2D eigenvalue weighted by Gasteiger charge is -2.22. The molecule has 1 aliphatic carbocycles. The minimum atomic E-state index is 0.186. The third kappa shape index (κ3) is 1.92. The van der Waals surface area contributed by atoms with Gasteiger partial charge in [0.25, 0.3) is 0 Å². The summed E-state index contributed by atoms with van der Waals surface area (Å²) in [5.74, 6) is 1.70. The Balaban J connectivity index is 1.79. The maximum atomic E-state index is 9.51. The lowest BCUT2D eigenvalue weighted by Crippen LogP contribution is -2.29. The molecule has 0 aromatic heterocycles. The van der Waals surface area contributed by atoms with Gasteiger partial charge >= 0.3 is 0 Å². The summed E-state index contributed by atoms with van der Waals surface area (Å²) in [6, 6.07) is 5.72. The van der Waals surface area contributed by atoms with Crippen LogP contribution in [-0.4, -0.2) is 29.6 Å². The highest BCUT2D eigenvalue weighted by atomic mass is 35.5. The standard InChI is InChI=1S/C15H20ClNO/c1-10(2)7-17-8-12-6-15(12,9-17)11-3-4-14(18)13(16)5-11/h3-5,10,12,18H,6-9H2,1-2H3. The van der Waals surface area contributed by atoms with E-state index in [1.54, 1.807) is 6.07 Å². The Morgan fingerprint density at radius 3 is 2.94 bits per heavy atom. The van der Waals surface area contributed by atoms with Gasteiger partial charge in [-0.1, -0.05) is 31.5 Å². The molecule has 1 aromatic rings. The van der Waals surface area contributed by atoms with Crippen LogP contribution in [0.4, 0.5) is 0 Å². The van der Waals surface area contributed by atoms with Crippen LogP contribution in [0, 0.1) is 11.8 Å². The fourth-order valence-electron chi connectivity index (χ4n) is 3.51. The van der Waals surface area contributed by atoms with Crippen LogP contribution in [0.5, 0.6) is 5.75 Å². The number of piperidine rings is 1. The van der Waals surface area contributed by atoms with E-state index in [0.717, 1.165) is 18.4 Å². The summed E-state index contributed by atoms with van der Waals surface area (Å²) in [7, 11) is 0. The fourth-order valence-corrected chi connectivity index (χ4v) is 3.69. The molecule has 0 amide bonds. The molecule has 98 valence electrons. The zero-order valence-electron chi connectivity index (χ0n) is 11.0. The van der Waals surface area contributed by atoms with E-state index in [0.29, 0.717) is 10.4 Å². The Bertz CT molecular complexity index is 474. The Kier molecular flexibility index (Phi) is 2.83. The van der Waals surface area contributed by atoms with E-state index in [-0.39, 0.29) is 5.75 Å². The van der Waals surface area contributed by atoms with Crippen molar-refractivity contribution in [1.29, 1.82) is 0 Å². The van der Waals surface area contributed by atoms with Crippen molar-refractivity contribution in [3.8, 4) is 5.75 Å². The summed E-state index contributed by atoms with van der Waals surface area (Å²) < 4.78 is 0. The summed E-state index contributed by atoms with van der Waals surface area (Å²) in [4.78, 5) is 2.57. The van der Waals surface area contributed by atoms with Crippen molar-refractivity contribution in [2.24, 2.45) is 11.8 Å². The van der Waals surface area contributed by atoms with E-state index in [1.165, 1.54) is 25.1 Å². The smallest absolute Gasteiger partial charge is 0.134 e. The number of rotatable bonds is 3. The first kappa shape index (κ1) is 12.3. The second-order valence-electron chi connectivity index (χ2n) is 6.31. The van der Waals surface area contributed by atoms with Gasteiger partial charge in [0.2, 0.25) is 0 Å². The van der Waals surface area contributed by atoms with Crippen molar-refractivity contribution in [2.45, 2.75) is 25.7 Å². The SMILES string of the molecule is CC(C)CN1CC2CC2(c2ccc(O)c(Cl)c2)C1. The molecule has 1 N–H and O–H groups in total. The van der Waals surface area contributed by atoms with Gasteiger partial charge < -0.3 is 10.0 Å². The zero-order valence-corrected chi connectivity index (χ0v) is 11.7. The van der Waals surface area contributed by atoms with Crippen LogP contribution in [0.2, 0.25) is 5.02 Å². The molecule has 3 rings (SSSR count). The van der Waals surface area contributed by atoms with Crippen LogP contribution in [-0.2, 0) is 5.41 Å². The first-order valence-corrected chi connectivity index (χ1v) is 7.10. The molecule has 2 unspecified atom stereocenters. The number of hydrogen-bond acceptors (Lipinski definition) is 2. The fraction of sp³-hybridized carbons (Fsp3) is 0.600. The highest BCUT2D eigenvalue weighted by Gasteiger charge is 2.60. The van der Waals surface area contributed by atoms with Crippen LogP contribution in [0.3, 0.4) is 0 Å². The number of fused-ring (bicyclic) bond motifs is 1. The molecule has 2 nitrogen and oxygen atoms in total. The summed E-state index contributed by atoms with van der Waals surface area (Å²) in [5.41, 5.74) is 1.63. The molecule has 1 aliphatic heterocycles. The Morgan fingerprint density at radius 1 is 1.50 bits per heavy atom.